The fraction of sp³-hybridized carbons (Fsp3) is 0.500. The first-order valence-electron chi connectivity index (χ1n) is 10.8. The first-order chi connectivity index (χ1) is 13.8. The maximum Gasteiger partial charge on any atom is 0.163 e. The topological polar surface area (TPSA) is 42.5 Å². The molecular formula is C24H26N2O2. The summed E-state index contributed by atoms with van der Waals surface area (Å²) in [7, 11) is 0. The molecule has 6 atom stereocenters. The molecule has 3 fully saturated rings. The normalized spacial score (nSPS) is 42.6. The maximum absolute atomic E-state index is 6.93. The largest absolute Gasteiger partial charge is 0.350 e. The zero-order chi connectivity index (χ0) is 18.3. The Morgan fingerprint density at radius 2 is 1.43 bits per heavy atom. The van der Waals surface area contributed by atoms with Crippen molar-refractivity contribution < 1.29 is 9.47 Å². The first-order valence-corrected chi connectivity index (χ1v) is 10.8. The molecule has 0 amide bonds. The van der Waals surface area contributed by atoms with Crippen molar-refractivity contribution >= 4 is 0 Å². The summed E-state index contributed by atoms with van der Waals surface area (Å²) in [5, 5.41) is 7.91. The molecule has 4 heteroatoms. The van der Waals surface area contributed by atoms with Crippen LogP contribution >= 0.6 is 0 Å². The lowest BCUT2D eigenvalue weighted by Crippen LogP contribution is -2.69. The highest BCUT2D eigenvalue weighted by Gasteiger charge is 2.66. The van der Waals surface area contributed by atoms with Crippen LogP contribution in [0.1, 0.15) is 60.1 Å². The van der Waals surface area contributed by atoms with Crippen molar-refractivity contribution in [3.05, 3.63) is 70.8 Å². The molecule has 28 heavy (non-hydrogen) atoms. The Kier molecular flexibility index (Phi) is 3.14. The van der Waals surface area contributed by atoms with E-state index in [1.807, 2.05) is 0 Å². The molecule has 7 rings (SSSR count). The van der Waals surface area contributed by atoms with Crippen LogP contribution < -0.4 is 10.6 Å². The van der Waals surface area contributed by atoms with E-state index in [1.165, 1.54) is 35.1 Å². The second-order valence-electron chi connectivity index (χ2n) is 9.23. The quantitative estimate of drug-likeness (QED) is 0.740. The minimum Gasteiger partial charge on any atom is -0.350 e. The molecule has 2 aromatic carbocycles. The van der Waals surface area contributed by atoms with Gasteiger partial charge >= 0.3 is 0 Å². The number of benzene rings is 2. The van der Waals surface area contributed by atoms with E-state index in [9.17, 15) is 0 Å². The first kappa shape index (κ1) is 16.1. The predicted octanol–water partition coefficient (Wildman–Crippen LogP) is 3.52. The molecule has 2 unspecified atom stereocenters. The second-order valence-corrected chi connectivity index (χ2v) is 9.23. The van der Waals surface area contributed by atoms with Gasteiger partial charge in [-0.05, 0) is 54.4 Å². The van der Waals surface area contributed by atoms with Gasteiger partial charge in [0.15, 0.2) is 11.4 Å². The summed E-state index contributed by atoms with van der Waals surface area (Å²) in [6, 6.07) is 18.2. The predicted molar refractivity (Wildman–Crippen MR) is 106 cm³/mol. The summed E-state index contributed by atoms with van der Waals surface area (Å²) in [6.07, 6.45) is 6.80. The van der Waals surface area contributed by atoms with Crippen LogP contribution in [-0.2, 0) is 22.3 Å². The molecule has 0 radical (unpaired) electrons. The monoisotopic (exact) mass is 374 g/mol. The SMILES string of the molecule is c1ccc2c(c1)C[C@@H]1OC3(CCCCC34N[C@@H]3Cc5ccccc5[C@@H]3O4)N[C@H]21. The Balaban J connectivity index is 1.26. The van der Waals surface area contributed by atoms with Crippen LogP contribution in [0.15, 0.2) is 48.5 Å². The molecule has 4 nitrogen and oxygen atoms in total. The van der Waals surface area contributed by atoms with Gasteiger partial charge in [-0.25, -0.2) is 0 Å². The number of ether oxygens (including phenoxy) is 2. The van der Waals surface area contributed by atoms with Crippen LogP contribution in [0.5, 0.6) is 0 Å². The van der Waals surface area contributed by atoms with Crippen LogP contribution in [0.2, 0.25) is 0 Å². The number of fused-ring (bicyclic) bond motifs is 7. The van der Waals surface area contributed by atoms with Gasteiger partial charge in [0.05, 0.1) is 12.1 Å². The molecule has 2 aliphatic heterocycles. The highest BCUT2D eigenvalue weighted by atomic mass is 16.6. The van der Waals surface area contributed by atoms with Gasteiger partial charge in [0.2, 0.25) is 0 Å². The van der Waals surface area contributed by atoms with Crippen molar-refractivity contribution in [2.24, 2.45) is 0 Å². The van der Waals surface area contributed by atoms with Gasteiger partial charge in [-0.3, -0.25) is 10.6 Å². The Labute approximate surface area is 165 Å². The summed E-state index contributed by atoms with van der Waals surface area (Å²) in [5.74, 6) is 0. The Morgan fingerprint density at radius 1 is 0.750 bits per heavy atom. The molecule has 2 N–H and O–H groups in total. The van der Waals surface area contributed by atoms with E-state index in [0.717, 1.165) is 25.7 Å². The van der Waals surface area contributed by atoms with E-state index >= 15 is 0 Å². The average Bonchev–Trinajstić information content (AvgIpc) is 3.41. The molecule has 2 aromatic rings. The second kappa shape index (κ2) is 5.45. The van der Waals surface area contributed by atoms with Crippen molar-refractivity contribution in [1.82, 2.24) is 10.6 Å². The maximum atomic E-state index is 6.93. The van der Waals surface area contributed by atoms with E-state index in [4.69, 9.17) is 9.47 Å². The van der Waals surface area contributed by atoms with Gasteiger partial charge in [0, 0.05) is 12.5 Å². The Hall–Kier alpha value is -1.72. The summed E-state index contributed by atoms with van der Waals surface area (Å²) >= 11 is 0. The third-order valence-electron chi connectivity index (χ3n) is 7.80. The molecule has 5 aliphatic rings. The van der Waals surface area contributed by atoms with Gasteiger partial charge < -0.3 is 9.47 Å². The van der Waals surface area contributed by atoms with Crippen LogP contribution in [0.4, 0.5) is 0 Å². The van der Waals surface area contributed by atoms with Crippen molar-refractivity contribution in [2.75, 3.05) is 0 Å². The Morgan fingerprint density at radius 3 is 2.25 bits per heavy atom. The molecule has 0 aromatic heterocycles. The fourth-order valence-electron chi connectivity index (χ4n) is 6.60. The van der Waals surface area contributed by atoms with Crippen LogP contribution in [-0.4, -0.2) is 23.6 Å². The van der Waals surface area contributed by atoms with Crippen molar-refractivity contribution in [1.29, 1.82) is 0 Å². The van der Waals surface area contributed by atoms with E-state index in [1.54, 1.807) is 0 Å². The van der Waals surface area contributed by atoms with Crippen molar-refractivity contribution in [3.8, 4) is 0 Å². The Bertz CT molecular complexity index is 884. The number of nitrogens with one attached hydrogen (secondary N) is 2. The molecule has 0 bridgehead atoms. The van der Waals surface area contributed by atoms with Gasteiger partial charge in [-0.15, -0.1) is 0 Å². The van der Waals surface area contributed by atoms with Crippen LogP contribution in [0.25, 0.3) is 0 Å². The summed E-state index contributed by atoms with van der Waals surface area (Å²) < 4.78 is 13.8. The molecule has 1 saturated carbocycles. The number of rotatable bonds is 0. The average molecular weight is 374 g/mol. The molecule has 144 valence electrons. The van der Waals surface area contributed by atoms with Gasteiger partial charge in [-0.1, -0.05) is 48.5 Å². The lowest BCUT2D eigenvalue weighted by atomic mass is 9.82. The zero-order valence-electron chi connectivity index (χ0n) is 16.0. The summed E-state index contributed by atoms with van der Waals surface area (Å²) in [5.41, 5.74) is 4.78. The molecule has 2 saturated heterocycles. The van der Waals surface area contributed by atoms with Crippen LogP contribution in [0, 0.1) is 0 Å². The van der Waals surface area contributed by atoms with E-state index in [2.05, 4.69) is 59.2 Å². The standard InChI is InChI=1S/C24H26N2O2/c1-3-9-17-16(8-1)14-20-21(17)26-24(27-20)12-6-5-11-23(24)25-19-13-15-7-2-4-10-18(15)22(19)28-23/h1-4,7-10,19-22,25-26H,5-6,11-14H2/t19-,20+,21-,22+,23?,24?/m1/s1. The molecule has 3 aliphatic carbocycles. The summed E-state index contributed by atoms with van der Waals surface area (Å²) in [4.78, 5) is 0. The fourth-order valence-corrected chi connectivity index (χ4v) is 6.60. The smallest absolute Gasteiger partial charge is 0.163 e. The van der Waals surface area contributed by atoms with Gasteiger partial charge in [0.1, 0.15) is 6.10 Å². The molecular weight excluding hydrogens is 348 g/mol. The third kappa shape index (κ3) is 1.94. The minimum atomic E-state index is -0.423. The van der Waals surface area contributed by atoms with E-state index < -0.39 is 11.4 Å². The minimum absolute atomic E-state index is 0.143. The number of hydrogen-bond acceptors (Lipinski definition) is 4. The highest BCUT2D eigenvalue weighted by Crippen LogP contribution is 2.55. The van der Waals surface area contributed by atoms with Crippen molar-refractivity contribution in [3.63, 3.8) is 0 Å². The van der Waals surface area contributed by atoms with E-state index in [-0.39, 0.29) is 18.2 Å². The van der Waals surface area contributed by atoms with Gasteiger partial charge in [0.25, 0.3) is 0 Å². The summed E-state index contributed by atoms with van der Waals surface area (Å²) in [6.45, 7) is 0. The van der Waals surface area contributed by atoms with Gasteiger partial charge in [-0.2, -0.15) is 0 Å². The van der Waals surface area contributed by atoms with E-state index in [0.29, 0.717) is 6.04 Å². The molecule has 2 heterocycles. The molecule has 2 spiro atoms. The van der Waals surface area contributed by atoms with Crippen molar-refractivity contribution in [2.45, 2.75) is 74.3 Å². The number of hydrogen-bond donors (Lipinski definition) is 2. The lowest BCUT2D eigenvalue weighted by Gasteiger charge is -2.49. The zero-order valence-corrected chi connectivity index (χ0v) is 16.0. The highest BCUT2D eigenvalue weighted by molar-refractivity contribution is 5.40. The lowest BCUT2D eigenvalue weighted by molar-refractivity contribution is -0.231. The van der Waals surface area contributed by atoms with Crippen LogP contribution in [0.3, 0.4) is 0 Å². The third-order valence-corrected chi connectivity index (χ3v) is 7.80.